The Morgan fingerprint density at radius 1 is 1.39 bits per heavy atom. The molecule has 0 aliphatic rings. The Morgan fingerprint density at radius 3 is 2.89 bits per heavy atom. The van der Waals surface area contributed by atoms with Crippen LogP contribution in [-0.4, -0.2) is 16.1 Å². The molecule has 0 saturated carbocycles. The first-order chi connectivity index (χ1) is 8.72. The van der Waals surface area contributed by atoms with Crippen molar-refractivity contribution in [2.75, 3.05) is 6.54 Å². The van der Waals surface area contributed by atoms with Crippen LogP contribution in [0.15, 0.2) is 24.4 Å². The zero-order valence-electron chi connectivity index (χ0n) is 9.86. The summed E-state index contributed by atoms with van der Waals surface area (Å²) in [5.41, 5.74) is 1.03. The van der Waals surface area contributed by atoms with Crippen LogP contribution in [0, 0.1) is 0 Å². The van der Waals surface area contributed by atoms with Crippen molar-refractivity contribution >= 4 is 34.7 Å². The van der Waals surface area contributed by atoms with E-state index in [2.05, 4.69) is 21.8 Å². The van der Waals surface area contributed by atoms with Crippen LogP contribution in [0.4, 0.5) is 0 Å². The van der Waals surface area contributed by atoms with Gasteiger partial charge in [0, 0.05) is 6.04 Å². The molecule has 1 aromatic heterocycles. The molecule has 0 bridgehead atoms. The Morgan fingerprint density at radius 2 is 2.22 bits per heavy atom. The maximum atomic E-state index is 6.21. The van der Waals surface area contributed by atoms with E-state index in [4.69, 9.17) is 23.2 Å². The summed E-state index contributed by atoms with van der Waals surface area (Å²) in [6.45, 7) is 2.95. The highest BCUT2D eigenvalue weighted by atomic mass is 35.5. The Labute approximate surface area is 120 Å². The molecule has 0 aliphatic heterocycles. The van der Waals surface area contributed by atoms with Gasteiger partial charge < -0.3 is 5.32 Å². The zero-order chi connectivity index (χ0) is 13.0. The summed E-state index contributed by atoms with van der Waals surface area (Å²) in [6, 6.07) is 5.87. The van der Waals surface area contributed by atoms with Crippen molar-refractivity contribution in [2.24, 2.45) is 0 Å². The molecule has 0 aliphatic carbocycles. The molecular weight excluding hydrogens is 289 g/mol. The van der Waals surface area contributed by atoms with E-state index in [1.165, 1.54) is 11.5 Å². The number of hydrogen-bond donors (Lipinski definition) is 1. The molecule has 0 saturated heterocycles. The normalized spacial score (nSPS) is 12.6. The maximum absolute atomic E-state index is 6.21. The van der Waals surface area contributed by atoms with Crippen LogP contribution in [0.5, 0.6) is 0 Å². The van der Waals surface area contributed by atoms with Crippen LogP contribution in [0.25, 0.3) is 0 Å². The van der Waals surface area contributed by atoms with Gasteiger partial charge in [0.1, 0.15) is 0 Å². The SMILES string of the molecule is CCNC(Cc1cccc(Cl)c1Cl)c1cnns1. The molecule has 0 amide bonds. The molecule has 96 valence electrons. The number of nitrogens with zero attached hydrogens (tertiary/aromatic N) is 2. The van der Waals surface area contributed by atoms with Gasteiger partial charge in [-0.25, -0.2) is 0 Å². The second kappa shape index (κ2) is 6.48. The molecule has 18 heavy (non-hydrogen) atoms. The first-order valence-electron chi connectivity index (χ1n) is 5.66. The van der Waals surface area contributed by atoms with Gasteiger partial charge in [0.2, 0.25) is 0 Å². The smallest absolute Gasteiger partial charge is 0.0669 e. The van der Waals surface area contributed by atoms with Crippen LogP contribution in [0.1, 0.15) is 23.4 Å². The third-order valence-corrected chi connectivity index (χ3v) is 4.26. The van der Waals surface area contributed by atoms with Crippen LogP contribution < -0.4 is 5.32 Å². The molecule has 0 radical (unpaired) electrons. The van der Waals surface area contributed by atoms with Gasteiger partial charge >= 0.3 is 0 Å². The molecule has 2 aromatic rings. The van der Waals surface area contributed by atoms with Crippen molar-refractivity contribution < 1.29 is 0 Å². The monoisotopic (exact) mass is 301 g/mol. The zero-order valence-corrected chi connectivity index (χ0v) is 12.2. The lowest BCUT2D eigenvalue weighted by molar-refractivity contribution is 0.557. The Balaban J connectivity index is 2.21. The number of rotatable bonds is 5. The number of halogens is 2. The largest absolute Gasteiger partial charge is 0.309 e. The summed E-state index contributed by atoms with van der Waals surface area (Å²) in [7, 11) is 0. The summed E-state index contributed by atoms with van der Waals surface area (Å²) in [5.74, 6) is 0. The van der Waals surface area contributed by atoms with Crippen LogP contribution in [0.2, 0.25) is 10.0 Å². The predicted molar refractivity (Wildman–Crippen MR) is 76.5 cm³/mol. The van der Waals surface area contributed by atoms with Crippen molar-refractivity contribution in [3.63, 3.8) is 0 Å². The third kappa shape index (κ3) is 3.20. The first-order valence-corrected chi connectivity index (χ1v) is 7.18. The summed E-state index contributed by atoms with van der Waals surface area (Å²) in [6.07, 6.45) is 2.56. The van der Waals surface area contributed by atoms with Crippen molar-refractivity contribution in [3.8, 4) is 0 Å². The molecule has 2 rings (SSSR count). The van der Waals surface area contributed by atoms with Crippen LogP contribution >= 0.6 is 34.7 Å². The van der Waals surface area contributed by atoms with Gasteiger partial charge in [0.25, 0.3) is 0 Å². The lowest BCUT2D eigenvalue weighted by Gasteiger charge is -2.16. The van der Waals surface area contributed by atoms with Crippen molar-refractivity contribution in [2.45, 2.75) is 19.4 Å². The van der Waals surface area contributed by atoms with Gasteiger partial charge in [-0.05, 0) is 36.1 Å². The van der Waals surface area contributed by atoms with Gasteiger partial charge in [0.05, 0.1) is 21.1 Å². The van der Waals surface area contributed by atoms with Crippen LogP contribution in [-0.2, 0) is 6.42 Å². The van der Waals surface area contributed by atoms with E-state index in [9.17, 15) is 0 Å². The standard InChI is InChI=1S/C12H13Cl2N3S/c1-2-15-10(11-7-16-17-18-11)6-8-4-3-5-9(13)12(8)14/h3-5,7,10,15H,2,6H2,1H3. The average Bonchev–Trinajstić information content (AvgIpc) is 2.88. The van der Waals surface area contributed by atoms with E-state index in [0.717, 1.165) is 23.4 Å². The number of benzene rings is 1. The average molecular weight is 302 g/mol. The molecule has 0 fully saturated rings. The molecular formula is C12H13Cl2N3S. The Bertz CT molecular complexity index is 502. The Hall–Kier alpha value is -0.680. The Kier molecular flexibility index (Phi) is 4.95. The number of hydrogen-bond acceptors (Lipinski definition) is 4. The highest BCUT2D eigenvalue weighted by Gasteiger charge is 2.16. The molecule has 1 unspecified atom stereocenters. The fraction of sp³-hybridized carbons (Fsp3) is 0.333. The lowest BCUT2D eigenvalue weighted by atomic mass is 10.0. The van der Waals surface area contributed by atoms with E-state index >= 15 is 0 Å². The van der Waals surface area contributed by atoms with Gasteiger partial charge in [-0.15, -0.1) is 5.10 Å². The number of aromatic nitrogens is 2. The maximum Gasteiger partial charge on any atom is 0.0669 e. The molecule has 1 N–H and O–H groups in total. The number of nitrogens with one attached hydrogen (secondary N) is 1. The van der Waals surface area contributed by atoms with Crippen LogP contribution in [0.3, 0.4) is 0 Å². The van der Waals surface area contributed by atoms with E-state index in [1.807, 2.05) is 12.1 Å². The van der Waals surface area contributed by atoms with Crippen molar-refractivity contribution in [1.82, 2.24) is 14.9 Å². The molecule has 6 heteroatoms. The topological polar surface area (TPSA) is 37.8 Å². The minimum Gasteiger partial charge on any atom is -0.309 e. The second-order valence-corrected chi connectivity index (χ2v) is 5.45. The lowest BCUT2D eigenvalue weighted by Crippen LogP contribution is -2.22. The van der Waals surface area contributed by atoms with Crippen molar-refractivity contribution in [3.05, 3.63) is 44.9 Å². The van der Waals surface area contributed by atoms with E-state index in [0.29, 0.717) is 10.0 Å². The fourth-order valence-corrected chi connectivity index (χ4v) is 2.75. The number of likely N-dealkylation sites (N-methyl/N-ethyl adjacent to an activating group) is 1. The highest BCUT2D eigenvalue weighted by Crippen LogP contribution is 2.29. The van der Waals surface area contributed by atoms with Gasteiger partial charge in [-0.2, -0.15) is 0 Å². The minimum atomic E-state index is 0.172. The van der Waals surface area contributed by atoms with Crippen molar-refractivity contribution in [1.29, 1.82) is 0 Å². The predicted octanol–water partition coefficient (Wildman–Crippen LogP) is 3.74. The fourth-order valence-electron chi connectivity index (χ4n) is 1.77. The van der Waals surface area contributed by atoms with E-state index in [-0.39, 0.29) is 6.04 Å². The van der Waals surface area contributed by atoms with Gasteiger partial charge in [-0.3, -0.25) is 0 Å². The van der Waals surface area contributed by atoms with E-state index < -0.39 is 0 Å². The van der Waals surface area contributed by atoms with Gasteiger partial charge in [-0.1, -0.05) is 46.7 Å². The molecule has 1 heterocycles. The summed E-state index contributed by atoms with van der Waals surface area (Å²) in [5, 5.41) is 8.50. The molecule has 1 atom stereocenters. The highest BCUT2D eigenvalue weighted by molar-refractivity contribution is 7.05. The second-order valence-electron chi connectivity index (χ2n) is 3.85. The molecule has 1 aromatic carbocycles. The summed E-state index contributed by atoms with van der Waals surface area (Å²) in [4.78, 5) is 1.10. The first kappa shape index (κ1) is 13.7. The summed E-state index contributed by atoms with van der Waals surface area (Å²) < 4.78 is 3.90. The molecule has 3 nitrogen and oxygen atoms in total. The quantitative estimate of drug-likeness (QED) is 0.914. The minimum absolute atomic E-state index is 0.172. The molecule has 0 spiro atoms. The third-order valence-electron chi connectivity index (χ3n) is 2.63. The van der Waals surface area contributed by atoms with E-state index in [1.54, 1.807) is 12.3 Å². The van der Waals surface area contributed by atoms with Gasteiger partial charge in [0.15, 0.2) is 0 Å². The summed E-state index contributed by atoms with van der Waals surface area (Å²) >= 11 is 13.6.